The molecule has 0 amide bonds. The summed E-state index contributed by atoms with van der Waals surface area (Å²) in [5.74, 6) is 0.506. The monoisotopic (exact) mass is 351 g/mol. The van der Waals surface area contributed by atoms with Gasteiger partial charge in [-0.25, -0.2) is 0 Å². The number of ether oxygens (including phenoxy) is 2. The summed E-state index contributed by atoms with van der Waals surface area (Å²) in [4.78, 5) is 14.3. The first-order chi connectivity index (χ1) is 11.2. The Hall–Kier alpha value is -2.19. The maximum atomic E-state index is 12.3. The minimum Gasteiger partial charge on any atom is -0.468 e. The van der Waals surface area contributed by atoms with Crippen molar-refractivity contribution in [3.63, 3.8) is 0 Å². The molecule has 0 bridgehead atoms. The van der Waals surface area contributed by atoms with Crippen LogP contribution in [0.5, 0.6) is 0 Å². The number of rotatable bonds is 3. The van der Waals surface area contributed by atoms with Gasteiger partial charge in [0.25, 0.3) is 0 Å². The summed E-state index contributed by atoms with van der Waals surface area (Å²) in [6.07, 6.45) is 0. The fraction of sp³-hybridized carbons (Fsp3) is 0.467. The summed E-state index contributed by atoms with van der Waals surface area (Å²) in [6.45, 7) is 2.10. The van der Waals surface area contributed by atoms with Gasteiger partial charge in [0.1, 0.15) is 5.41 Å². The number of hydrogen-bond acceptors (Lipinski definition) is 7. The second-order valence-corrected chi connectivity index (χ2v) is 5.97. The van der Waals surface area contributed by atoms with Crippen molar-refractivity contribution in [2.24, 2.45) is 11.3 Å². The zero-order valence-corrected chi connectivity index (χ0v) is 14.0. The Morgan fingerprint density at radius 3 is 2.92 bits per heavy atom. The molecule has 0 saturated carbocycles. The molecule has 0 aliphatic carbocycles. The van der Waals surface area contributed by atoms with Gasteiger partial charge in [-0.05, 0) is 22.6 Å². The molecule has 0 N–H and O–H groups in total. The minimum atomic E-state index is -0.623. The van der Waals surface area contributed by atoms with Crippen LogP contribution in [0.15, 0.2) is 30.3 Å². The molecule has 0 spiro atoms. The molecule has 2 saturated heterocycles. The molecule has 0 unspecified atom stereocenters. The molecular formula is C15H18ClN5O3. The average molecular weight is 352 g/mol. The minimum absolute atomic E-state index is 0. The maximum absolute atomic E-state index is 12.3. The molecule has 2 aliphatic heterocycles. The number of tetrazole rings is 1. The van der Waals surface area contributed by atoms with Crippen LogP contribution in [0.25, 0.3) is 5.69 Å². The number of methoxy groups -OCH3 is 1. The molecule has 1 aromatic heterocycles. The molecule has 1 aromatic carbocycles. The third-order valence-electron chi connectivity index (χ3n) is 4.70. The van der Waals surface area contributed by atoms with Crippen LogP contribution in [0.2, 0.25) is 0 Å². The fourth-order valence-corrected chi connectivity index (χ4v) is 3.50. The van der Waals surface area contributed by atoms with Gasteiger partial charge < -0.3 is 14.4 Å². The van der Waals surface area contributed by atoms with E-state index in [0.717, 1.165) is 5.69 Å². The normalized spacial score (nSPS) is 25.2. The molecular weight excluding hydrogens is 334 g/mol. The lowest BCUT2D eigenvalue weighted by molar-refractivity contribution is -0.152. The van der Waals surface area contributed by atoms with Gasteiger partial charge in [-0.2, -0.15) is 4.68 Å². The van der Waals surface area contributed by atoms with Gasteiger partial charge in [0, 0.05) is 19.0 Å². The Balaban J connectivity index is 0.00000169. The van der Waals surface area contributed by atoms with Gasteiger partial charge >= 0.3 is 5.97 Å². The standard InChI is InChI=1S/C15H17N5O3.ClH/c1-22-13(21)15-9-19(7-11(15)8-23-10-15)14-16-17-18-20(14)12-5-3-2-4-6-12;/h2-6,11H,7-10H2,1H3;1H/t11-,15-;/m0./s1. The van der Waals surface area contributed by atoms with E-state index in [-0.39, 0.29) is 24.3 Å². The van der Waals surface area contributed by atoms with Crippen LogP contribution in [0.3, 0.4) is 0 Å². The van der Waals surface area contributed by atoms with E-state index in [0.29, 0.717) is 32.3 Å². The molecule has 9 heteroatoms. The van der Waals surface area contributed by atoms with E-state index in [1.807, 2.05) is 35.2 Å². The lowest BCUT2D eigenvalue weighted by Crippen LogP contribution is -2.40. The van der Waals surface area contributed by atoms with Crippen molar-refractivity contribution in [1.29, 1.82) is 0 Å². The fourth-order valence-electron chi connectivity index (χ4n) is 3.50. The first kappa shape index (κ1) is 16.7. The zero-order chi connectivity index (χ0) is 15.9. The third-order valence-corrected chi connectivity index (χ3v) is 4.70. The van der Waals surface area contributed by atoms with Crippen molar-refractivity contribution >= 4 is 24.3 Å². The van der Waals surface area contributed by atoms with E-state index in [9.17, 15) is 4.79 Å². The lowest BCUT2D eigenvalue weighted by Gasteiger charge is -2.23. The van der Waals surface area contributed by atoms with Crippen molar-refractivity contribution in [2.45, 2.75) is 0 Å². The molecule has 2 aromatic rings. The van der Waals surface area contributed by atoms with Crippen molar-refractivity contribution in [2.75, 3.05) is 38.3 Å². The van der Waals surface area contributed by atoms with Crippen LogP contribution in [0, 0.1) is 11.3 Å². The predicted octanol–water partition coefficient (Wildman–Crippen LogP) is 0.710. The number of halogens is 1. The van der Waals surface area contributed by atoms with Crippen LogP contribution in [0.4, 0.5) is 5.95 Å². The number of para-hydroxylation sites is 1. The topological polar surface area (TPSA) is 82.4 Å². The van der Waals surface area contributed by atoms with Crippen LogP contribution in [-0.4, -0.2) is 59.6 Å². The number of carbonyl (C=O) groups is 1. The lowest BCUT2D eigenvalue weighted by atomic mass is 9.81. The third kappa shape index (κ3) is 2.42. The molecule has 2 aliphatic rings. The SMILES string of the molecule is COC(=O)[C@@]12COC[C@@H]1CN(c1nnnn1-c1ccccc1)C2.Cl. The highest BCUT2D eigenvalue weighted by atomic mass is 35.5. The van der Waals surface area contributed by atoms with Crippen molar-refractivity contribution in [3.8, 4) is 5.69 Å². The van der Waals surface area contributed by atoms with Crippen LogP contribution >= 0.6 is 12.4 Å². The number of benzene rings is 1. The van der Waals surface area contributed by atoms with E-state index in [1.54, 1.807) is 4.68 Å². The van der Waals surface area contributed by atoms with E-state index < -0.39 is 5.41 Å². The summed E-state index contributed by atoms with van der Waals surface area (Å²) in [5.41, 5.74) is 0.260. The van der Waals surface area contributed by atoms with Gasteiger partial charge in [-0.15, -0.1) is 12.4 Å². The largest absolute Gasteiger partial charge is 0.468 e. The Morgan fingerprint density at radius 2 is 2.17 bits per heavy atom. The van der Waals surface area contributed by atoms with Crippen molar-refractivity contribution in [3.05, 3.63) is 30.3 Å². The zero-order valence-electron chi connectivity index (χ0n) is 13.2. The number of hydrogen-bond donors (Lipinski definition) is 0. The smallest absolute Gasteiger partial charge is 0.316 e. The number of fused-ring (bicyclic) bond motifs is 1. The molecule has 8 nitrogen and oxygen atoms in total. The molecule has 2 fully saturated rings. The maximum Gasteiger partial charge on any atom is 0.316 e. The molecule has 2 atom stereocenters. The number of esters is 1. The number of anilines is 1. The highest BCUT2D eigenvalue weighted by molar-refractivity contribution is 5.85. The van der Waals surface area contributed by atoms with Gasteiger partial charge in [-0.3, -0.25) is 4.79 Å². The van der Waals surface area contributed by atoms with Gasteiger partial charge in [0.05, 0.1) is 26.0 Å². The Kier molecular flexibility index (Phi) is 4.42. The van der Waals surface area contributed by atoms with Crippen LogP contribution in [-0.2, 0) is 14.3 Å². The molecule has 3 heterocycles. The van der Waals surface area contributed by atoms with E-state index >= 15 is 0 Å². The van der Waals surface area contributed by atoms with Crippen LogP contribution in [0.1, 0.15) is 0 Å². The van der Waals surface area contributed by atoms with Crippen LogP contribution < -0.4 is 4.90 Å². The summed E-state index contributed by atoms with van der Waals surface area (Å²) in [6, 6.07) is 9.69. The van der Waals surface area contributed by atoms with E-state index in [4.69, 9.17) is 9.47 Å². The molecule has 128 valence electrons. The van der Waals surface area contributed by atoms with Gasteiger partial charge in [0.15, 0.2) is 0 Å². The summed E-state index contributed by atoms with van der Waals surface area (Å²) < 4.78 is 12.2. The molecule has 4 rings (SSSR count). The first-order valence-corrected chi connectivity index (χ1v) is 7.49. The Bertz CT molecular complexity index is 725. The van der Waals surface area contributed by atoms with Gasteiger partial charge in [0.2, 0.25) is 5.95 Å². The summed E-state index contributed by atoms with van der Waals surface area (Å²) >= 11 is 0. The second kappa shape index (κ2) is 6.37. The number of carbonyl (C=O) groups excluding carboxylic acids is 1. The molecule has 24 heavy (non-hydrogen) atoms. The quantitative estimate of drug-likeness (QED) is 0.753. The van der Waals surface area contributed by atoms with Crippen molar-refractivity contribution < 1.29 is 14.3 Å². The van der Waals surface area contributed by atoms with E-state index in [2.05, 4.69) is 15.5 Å². The number of aromatic nitrogens is 4. The van der Waals surface area contributed by atoms with Crippen molar-refractivity contribution in [1.82, 2.24) is 20.2 Å². The Labute approximate surface area is 145 Å². The average Bonchev–Trinajstić information content (AvgIpc) is 3.28. The Morgan fingerprint density at radius 1 is 1.38 bits per heavy atom. The second-order valence-electron chi connectivity index (χ2n) is 5.97. The molecule has 0 radical (unpaired) electrons. The highest BCUT2D eigenvalue weighted by Gasteiger charge is 2.57. The highest BCUT2D eigenvalue weighted by Crippen LogP contribution is 2.43. The van der Waals surface area contributed by atoms with Gasteiger partial charge in [-0.1, -0.05) is 23.3 Å². The number of nitrogens with zero attached hydrogens (tertiary/aromatic N) is 5. The summed E-state index contributed by atoms with van der Waals surface area (Å²) in [7, 11) is 1.42. The first-order valence-electron chi connectivity index (χ1n) is 7.49. The van der Waals surface area contributed by atoms with E-state index in [1.165, 1.54) is 7.11 Å². The summed E-state index contributed by atoms with van der Waals surface area (Å²) in [5, 5.41) is 12.0. The predicted molar refractivity (Wildman–Crippen MR) is 87.4 cm³/mol.